The number of nitro groups is 1. The van der Waals surface area contributed by atoms with Crippen LogP contribution in [0.5, 0.6) is 5.75 Å². The summed E-state index contributed by atoms with van der Waals surface area (Å²) in [5.74, 6) is 0.769. The van der Waals surface area contributed by atoms with Crippen molar-refractivity contribution in [2.45, 2.75) is 51.7 Å². The van der Waals surface area contributed by atoms with Crippen molar-refractivity contribution in [1.82, 2.24) is 0 Å². The zero-order valence-electron chi connectivity index (χ0n) is 12.2. The molecular formula is C15H20BrNO4. The number of aliphatic hydroxyl groups is 1. The van der Waals surface area contributed by atoms with Crippen LogP contribution in [0.2, 0.25) is 0 Å². The van der Waals surface area contributed by atoms with Crippen LogP contribution in [0.3, 0.4) is 0 Å². The molecule has 0 amide bonds. The fourth-order valence-electron chi connectivity index (χ4n) is 2.83. The number of halogens is 1. The molecule has 1 aliphatic carbocycles. The topological polar surface area (TPSA) is 72.6 Å². The lowest BCUT2D eigenvalue weighted by atomic mass is 9.88. The van der Waals surface area contributed by atoms with Gasteiger partial charge in [0.15, 0.2) is 0 Å². The molecule has 0 heterocycles. The summed E-state index contributed by atoms with van der Waals surface area (Å²) in [5, 5.41) is 21.2. The van der Waals surface area contributed by atoms with Crippen molar-refractivity contribution in [1.29, 1.82) is 0 Å². The normalized spacial score (nSPS) is 23.6. The third-order valence-corrected chi connectivity index (χ3v) is 4.34. The molecule has 1 aromatic rings. The van der Waals surface area contributed by atoms with Crippen LogP contribution in [-0.2, 0) is 0 Å². The monoisotopic (exact) mass is 357 g/mol. The van der Waals surface area contributed by atoms with Gasteiger partial charge in [0.05, 0.1) is 17.1 Å². The molecule has 6 heteroatoms. The lowest BCUT2D eigenvalue weighted by Crippen LogP contribution is -2.25. The van der Waals surface area contributed by atoms with Crippen molar-refractivity contribution in [2.24, 2.45) is 5.92 Å². The van der Waals surface area contributed by atoms with Gasteiger partial charge in [0.25, 0.3) is 0 Å². The second kappa shape index (κ2) is 6.75. The Balaban J connectivity index is 2.37. The van der Waals surface area contributed by atoms with Crippen LogP contribution < -0.4 is 4.74 Å². The highest BCUT2D eigenvalue weighted by atomic mass is 79.9. The number of nitro benzene ring substituents is 1. The maximum absolute atomic E-state index is 11.3. The number of rotatable bonds is 4. The maximum Gasteiger partial charge on any atom is 0.312 e. The van der Waals surface area contributed by atoms with Gasteiger partial charge in [0.1, 0.15) is 0 Å². The highest BCUT2D eigenvalue weighted by Crippen LogP contribution is 2.40. The first-order valence-corrected chi connectivity index (χ1v) is 8.00. The number of ether oxygens (including phenoxy) is 1. The van der Waals surface area contributed by atoms with Crippen LogP contribution in [0.4, 0.5) is 5.69 Å². The van der Waals surface area contributed by atoms with E-state index in [1.165, 1.54) is 12.5 Å². The molecule has 116 valence electrons. The Labute approximate surface area is 132 Å². The molecule has 1 saturated carbocycles. The van der Waals surface area contributed by atoms with Gasteiger partial charge < -0.3 is 9.84 Å². The Morgan fingerprint density at radius 2 is 2.19 bits per heavy atom. The van der Waals surface area contributed by atoms with Gasteiger partial charge in [-0.15, -0.1) is 0 Å². The molecular weight excluding hydrogens is 338 g/mol. The highest BCUT2D eigenvalue weighted by Gasteiger charge is 2.28. The Bertz CT molecular complexity index is 533. The summed E-state index contributed by atoms with van der Waals surface area (Å²) >= 11 is 3.25. The molecule has 0 aromatic heterocycles. The predicted octanol–water partition coefficient (Wildman–Crippen LogP) is 4.37. The molecule has 1 aromatic carbocycles. The first-order chi connectivity index (χ1) is 9.88. The van der Waals surface area contributed by atoms with Crippen LogP contribution >= 0.6 is 15.9 Å². The predicted molar refractivity (Wildman–Crippen MR) is 83.5 cm³/mol. The molecule has 2 unspecified atom stereocenters. The number of hydrogen-bond donors (Lipinski definition) is 1. The number of hydrogen-bond acceptors (Lipinski definition) is 4. The summed E-state index contributed by atoms with van der Waals surface area (Å²) in [6.07, 6.45) is 3.19. The minimum Gasteiger partial charge on any atom is -0.483 e. The van der Waals surface area contributed by atoms with Gasteiger partial charge in [-0.3, -0.25) is 10.1 Å². The summed E-state index contributed by atoms with van der Waals surface area (Å²) in [7, 11) is 0. The summed E-state index contributed by atoms with van der Waals surface area (Å²) in [6.45, 7) is 3.75. The van der Waals surface area contributed by atoms with Gasteiger partial charge in [-0.25, -0.2) is 0 Å². The molecule has 0 bridgehead atoms. The van der Waals surface area contributed by atoms with Crippen molar-refractivity contribution in [3.8, 4) is 5.75 Å². The third kappa shape index (κ3) is 3.95. The number of nitrogens with zero attached hydrogens (tertiary/aromatic N) is 1. The van der Waals surface area contributed by atoms with Gasteiger partial charge >= 0.3 is 5.69 Å². The zero-order chi connectivity index (χ0) is 15.6. The van der Waals surface area contributed by atoms with E-state index in [1.807, 2.05) is 0 Å². The average molecular weight is 358 g/mol. The quantitative estimate of drug-likeness (QED) is 0.641. The average Bonchev–Trinajstić information content (AvgIpc) is 2.39. The van der Waals surface area contributed by atoms with E-state index in [0.717, 1.165) is 19.3 Å². The fourth-order valence-corrected chi connectivity index (χ4v) is 3.29. The van der Waals surface area contributed by atoms with Gasteiger partial charge in [-0.2, -0.15) is 0 Å². The van der Waals surface area contributed by atoms with Crippen LogP contribution in [0.1, 0.15) is 51.2 Å². The molecule has 0 spiro atoms. The Kier molecular flexibility index (Phi) is 5.22. The number of benzene rings is 1. The second-order valence-electron chi connectivity index (χ2n) is 5.79. The van der Waals surface area contributed by atoms with E-state index in [-0.39, 0.29) is 17.5 Å². The van der Waals surface area contributed by atoms with Crippen LogP contribution in [0.15, 0.2) is 16.6 Å². The van der Waals surface area contributed by atoms with Crippen molar-refractivity contribution in [3.63, 3.8) is 0 Å². The largest absolute Gasteiger partial charge is 0.483 e. The Morgan fingerprint density at radius 3 is 2.76 bits per heavy atom. The maximum atomic E-state index is 11.3. The van der Waals surface area contributed by atoms with Gasteiger partial charge in [0, 0.05) is 16.1 Å². The standard InChI is InChI=1S/C15H20BrNO4/c1-9-4-3-5-12(6-9)21-15-13(10(2)18)7-11(16)8-14(15)17(19)20/h7-10,12,18H,3-6H2,1-2H3/t9?,10-,12?/m1/s1. The zero-order valence-corrected chi connectivity index (χ0v) is 13.8. The lowest BCUT2D eigenvalue weighted by molar-refractivity contribution is -0.386. The van der Waals surface area contributed by atoms with Crippen molar-refractivity contribution in [2.75, 3.05) is 0 Å². The van der Waals surface area contributed by atoms with E-state index in [4.69, 9.17) is 4.74 Å². The molecule has 1 aliphatic rings. The summed E-state index contributed by atoms with van der Waals surface area (Å²) in [6, 6.07) is 3.10. The highest BCUT2D eigenvalue weighted by molar-refractivity contribution is 9.10. The van der Waals surface area contributed by atoms with Crippen molar-refractivity contribution < 1.29 is 14.8 Å². The third-order valence-electron chi connectivity index (χ3n) is 3.88. The van der Waals surface area contributed by atoms with E-state index in [0.29, 0.717) is 16.0 Å². The molecule has 3 atom stereocenters. The van der Waals surface area contributed by atoms with Gasteiger partial charge in [-0.05, 0) is 38.2 Å². The summed E-state index contributed by atoms with van der Waals surface area (Å²) < 4.78 is 6.51. The second-order valence-corrected chi connectivity index (χ2v) is 6.70. The smallest absolute Gasteiger partial charge is 0.312 e. The number of aliphatic hydroxyl groups excluding tert-OH is 1. The molecule has 1 fully saturated rings. The molecule has 0 radical (unpaired) electrons. The van der Waals surface area contributed by atoms with Gasteiger partial charge in [0.2, 0.25) is 5.75 Å². The first kappa shape index (κ1) is 16.2. The summed E-state index contributed by atoms with van der Waals surface area (Å²) in [4.78, 5) is 10.8. The lowest BCUT2D eigenvalue weighted by Gasteiger charge is -2.28. The minimum absolute atomic E-state index is 0.0221. The molecule has 0 aliphatic heterocycles. The Hall–Kier alpha value is -1.14. The summed E-state index contributed by atoms with van der Waals surface area (Å²) in [5.41, 5.74) is 0.354. The molecule has 2 rings (SSSR count). The van der Waals surface area contributed by atoms with Crippen molar-refractivity contribution >= 4 is 21.6 Å². The van der Waals surface area contributed by atoms with E-state index in [1.54, 1.807) is 13.0 Å². The van der Waals surface area contributed by atoms with Crippen LogP contribution in [-0.4, -0.2) is 16.1 Å². The van der Waals surface area contributed by atoms with E-state index in [2.05, 4.69) is 22.9 Å². The van der Waals surface area contributed by atoms with E-state index < -0.39 is 11.0 Å². The van der Waals surface area contributed by atoms with E-state index in [9.17, 15) is 15.2 Å². The molecule has 21 heavy (non-hydrogen) atoms. The van der Waals surface area contributed by atoms with Crippen LogP contribution in [0.25, 0.3) is 0 Å². The molecule has 5 nitrogen and oxygen atoms in total. The molecule has 0 saturated heterocycles. The van der Waals surface area contributed by atoms with Crippen molar-refractivity contribution in [3.05, 3.63) is 32.3 Å². The minimum atomic E-state index is -0.822. The fraction of sp³-hybridized carbons (Fsp3) is 0.600. The van der Waals surface area contributed by atoms with E-state index >= 15 is 0 Å². The van der Waals surface area contributed by atoms with Gasteiger partial charge in [-0.1, -0.05) is 29.3 Å². The van der Waals surface area contributed by atoms with Crippen LogP contribution in [0, 0.1) is 16.0 Å². The SMILES string of the molecule is CC1CCCC(Oc2c([C@@H](C)O)cc(Br)cc2[N+](=O)[O-])C1. The first-order valence-electron chi connectivity index (χ1n) is 7.21. The molecule has 1 N–H and O–H groups in total. The Morgan fingerprint density at radius 1 is 1.48 bits per heavy atom.